The summed E-state index contributed by atoms with van der Waals surface area (Å²) in [6.45, 7) is 5.30. The number of benzene rings is 1. The van der Waals surface area contributed by atoms with Gasteiger partial charge < -0.3 is 10.5 Å². The summed E-state index contributed by atoms with van der Waals surface area (Å²) >= 11 is 0. The van der Waals surface area contributed by atoms with Gasteiger partial charge in [0.25, 0.3) is 5.91 Å². The summed E-state index contributed by atoms with van der Waals surface area (Å²) in [4.78, 5) is 24.8. The largest absolute Gasteiger partial charge is 0.517 e. The number of carbonyl (C=O) groups excluding carboxylic acids is 2. The zero-order valence-corrected chi connectivity index (χ0v) is 15.1. The first-order valence-electron chi connectivity index (χ1n) is 8.41. The molecule has 0 spiro atoms. The first kappa shape index (κ1) is 20.2. The Bertz CT molecular complexity index is 698. The van der Waals surface area contributed by atoms with Gasteiger partial charge in [0.1, 0.15) is 12.1 Å². The molecule has 2 rings (SSSR count). The van der Waals surface area contributed by atoms with Crippen molar-refractivity contribution in [2.75, 3.05) is 6.54 Å². The van der Waals surface area contributed by atoms with Crippen LogP contribution in [-0.2, 0) is 22.3 Å². The minimum atomic E-state index is -4.49. The molecule has 144 valence electrons. The summed E-state index contributed by atoms with van der Waals surface area (Å²) < 4.78 is 44.0. The SMILES string of the molecule is CC(C)(C)OC(=O)[N@@+]1(Cc2cccc(C(F)(F)F)c2)CCCC1C(N)=O. The van der Waals surface area contributed by atoms with Gasteiger partial charge in [0.2, 0.25) is 0 Å². The smallest absolute Gasteiger partial charge is 0.414 e. The van der Waals surface area contributed by atoms with Crippen molar-refractivity contribution in [1.29, 1.82) is 0 Å². The molecule has 2 N–H and O–H groups in total. The van der Waals surface area contributed by atoms with E-state index >= 15 is 0 Å². The quantitative estimate of drug-likeness (QED) is 0.823. The van der Waals surface area contributed by atoms with Gasteiger partial charge in [-0.1, -0.05) is 12.1 Å². The van der Waals surface area contributed by atoms with Crippen LogP contribution in [0.3, 0.4) is 0 Å². The molecule has 1 aliphatic heterocycles. The van der Waals surface area contributed by atoms with Crippen molar-refractivity contribution >= 4 is 12.0 Å². The number of nitrogens with two attached hydrogens (primary N) is 1. The highest BCUT2D eigenvalue weighted by Gasteiger charge is 2.53. The van der Waals surface area contributed by atoms with Crippen molar-refractivity contribution in [2.45, 2.75) is 58.0 Å². The van der Waals surface area contributed by atoms with E-state index in [2.05, 4.69) is 0 Å². The molecule has 0 radical (unpaired) electrons. The topological polar surface area (TPSA) is 69.4 Å². The predicted molar refractivity (Wildman–Crippen MR) is 88.7 cm³/mol. The Labute approximate surface area is 150 Å². The van der Waals surface area contributed by atoms with Gasteiger partial charge in [-0.05, 0) is 32.9 Å². The highest BCUT2D eigenvalue weighted by molar-refractivity contribution is 5.81. The molecule has 2 amide bonds. The van der Waals surface area contributed by atoms with Crippen LogP contribution in [0.1, 0.15) is 44.7 Å². The number of hydrogen-bond donors (Lipinski definition) is 1. The van der Waals surface area contributed by atoms with Crippen molar-refractivity contribution in [1.82, 2.24) is 0 Å². The van der Waals surface area contributed by atoms with Crippen LogP contribution in [-0.4, -0.2) is 34.7 Å². The number of likely N-dealkylation sites (tertiary alicyclic amines) is 1. The second-order valence-corrected chi connectivity index (χ2v) is 7.65. The van der Waals surface area contributed by atoms with Gasteiger partial charge in [-0.2, -0.15) is 18.0 Å². The van der Waals surface area contributed by atoms with Gasteiger partial charge in [-0.25, -0.2) is 4.48 Å². The molecule has 0 bridgehead atoms. The summed E-state index contributed by atoms with van der Waals surface area (Å²) in [5, 5.41) is 0. The second-order valence-electron chi connectivity index (χ2n) is 7.65. The Balaban J connectivity index is 2.43. The molecule has 5 nitrogen and oxygen atoms in total. The Kier molecular flexibility index (Phi) is 5.37. The van der Waals surface area contributed by atoms with Gasteiger partial charge in [-0.15, -0.1) is 0 Å². The number of nitrogens with zero attached hydrogens (tertiary/aromatic N) is 1. The molecule has 1 aromatic rings. The lowest BCUT2D eigenvalue weighted by Gasteiger charge is -2.36. The third-order valence-corrected chi connectivity index (χ3v) is 4.44. The van der Waals surface area contributed by atoms with Gasteiger partial charge in [0.05, 0.1) is 12.1 Å². The van der Waals surface area contributed by atoms with Gasteiger partial charge in [-0.3, -0.25) is 4.79 Å². The molecular weight excluding hydrogens is 349 g/mol. The number of amides is 2. The van der Waals surface area contributed by atoms with Crippen molar-refractivity contribution < 1.29 is 32.0 Å². The third-order valence-electron chi connectivity index (χ3n) is 4.44. The van der Waals surface area contributed by atoms with Gasteiger partial charge >= 0.3 is 12.3 Å². The fourth-order valence-corrected chi connectivity index (χ4v) is 3.35. The summed E-state index contributed by atoms with van der Waals surface area (Å²) in [5.74, 6) is -0.652. The van der Waals surface area contributed by atoms with Crippen molar-refractivity contribution in [2.24, 2.45) is 5.73 Å². The first-order valence-corrected chi connectivity index (χ1v) is 8.41. The number of carbonyl (C=O) groups is 2. The van der Waals surface area contributed by atoms with E-state index in [0.29, 0.717) is 24.9 Å². The predicted octanol–water partition coefficient (Wildman–Crippen LogP) is 3.61. The molecule has 1 saturated heterocycles. The average molecular weight is 373 g/mol. The Morgan fingerprint density at radius 1 is 1.27 bits per heavy atom. The van der Waals surface area contributed by atoms with Crippen molar-refractivity contribution in [3.8, 4) is 0 Å². The maximum Gasteiger partial charge on any atom is 0.517 e. The second kappa shape index (κ2) is 6.90. The molecule has 0 aliphatic carbocycles. The molecule has 26 heavy (non-hydrogen) atoms. The molecule has 8 heteroatoms. The van der Waals surface area contributed by atoms with E-state index in [1.54, 1.807) is 20.8 Å². The fraction of sp³-hybridized carbons (Fsp3) is 0.556. The molecule has 1 heterocycles. The Morgan fingerprint density at radius 2 is 1.92 bits per heavy atom. The van der Waals surface area contributed by atoms with E-state index in [1.807, 2.05) is 0 Å². The molecule has 1 aliphatic rings. The van der Waals surface area contributed by atoms with Gasteiger partial charge in [0.15, 0.2) is 6.04 Å². The highest BCUT2D eigenvalue weighted by Crippen LogP contribution is 2.35. The molecule has 0 saturated carbocycles. The molecule has 1 unspecified atom stereocenters. The van der Waals surface area contributed by atoms with Crippen LogP contribution in [0.5, 0.6) is 0 Å². The molecule has 1 aromatic carbocycles. The number of ether oxygens (including phenoxy) is 1. The number of hydrogen-bond acceptors (Lipinski definition) is 3. The highest BCUT2D eigenvalue weighted by atomic mass is 19.4. The van der Waals surface area contributed by atoms with Crippen LogP contribution in [0.25, 0.3) is 0 Å². The van der Waals surface area contributed by atoms with E-state index < -0.39 is 39.9 Å². The van der Waals surface area contributed by atoms with Crippen LogP contribution in [0, 0.1) is 0 Å². The van der Waals surface area contributed by atoms with Crippen LogP contribution in [0.4, 0.5) is 18.0 Å². The Morgan fingerprint density at radius 3 is 2.46 bits per heavy atom. The summed E-state index contributed by atoms with van der Waals surface area (Å²) in [7, 11) is 0. The first-order chi connectivity index (χ1) is 11.8. The Hall–Kier alpha value is -2.09. The van der Waals surface area contributed by atoms with Crippen molar-refractivity contribution in [3.05, 3.63) is 35.4 Å². The minimum Gasteiger partial charge on any atom is -0.414 e. The molecular formula is C18H24F3N2O3+. The summed E-state index contributed by atoms with van der Waals surface area (Å²) in [6.07, 6.45) is -4.17. The number of alkyl halides is 3. The van der Waals surface area contributed by atoms with E-state index in [9.17, 15) is 22.8 Å². The number of quaternary nitrogens is 1. The molecule has 2 atom stereocenters. The molecule has 1 fully saturated rings. The number of primary amides is 1. The van der Waals surface area contributed by atoms with Crippen molar-refractivity contribution in [3.63, 3.8) is 0 Å². The van der Waals surface area contributed by atoms with E-state index in [-0.39, 0.29) is 6.54 Å². The third kappa shape index (κ3) is 4.35. The monoisotopic (exact) mass is 373 g/mol. The zero-order valence-electron chi connectivity index (χ0n) is 15.1. The minimum absolute atomic E-state index is 0.0769. The number of rotatable bonds is 3. The van der Waals surface area contributed by atoms with E-state index in [1.165, 1.54) is 12.1 Å². The van der Waals surface area contributed by atoms with Gasteiger partial charge in [0, 0.05) is 18.4 Å². The fourth-order valence-electron chi connectivity index (χ4n) is 3.35. The molecule has 0 aromatic heterocycles. The standard InChI is InChI=1S/C18H23F3N2O3/c1-17(2,3)26-16(25)23(9-5-8-14(23)15(22)24)11-12-6-4-7-13(10-12)18(19,20)21/h4,6-7,10,14H,5,8-9,11H2,1-3H3,(H-,22,24)/p+1/t14?,23-/m1/s1. The lowest BCUT2D eigenvalue weighted by atomic mass is 10.1. The number of halogens is 3. The summed E-state index contributed by atoms with van der Waals surface area (Å²) in [5.41, 5.74) is 4.20. The maximum atomic E-state index is 13.0. The average Bonchev–Trinajstić information content (AvgIpc) is 2.90. The van der Waals surface area contributed by atoms with Crippen LogP contribution >= 0.6 is 0 Å². The van der Waals surface area contributed by atoms with Crippen LogP contribution < -0.4 is 5.73 Å². The van der Waals surface area contributed by atoms with Crippen LogP contribution in [0.15, 0.2) is 24.3 Å². The van der Waals surface area contributed by atoms with E-state index in [4.69, 9.17) is 10.5 Å². The van der Waals surface area contributed by atoms with Crippen LogP contribution in [0.2, 0.25) is 0 Å². The summed E-state index contributed by atoms with van der Waals surface area (Å²) in [6, 6.07) is 3.95. The lowest BCUT2D eigenvalue weighted by Crippen LogP contribution is -2.60. The normalized spacial score (nSPS) is 23.7. The lowest BCUT2D eigenvalue weighted by molar-refractivity contribution is -0.874. The zero-order chi connectivity index (χ0) is 19.8. The van der Waals surface area contributed by atoms with E-state index in [0.717, 1.165) is 12.1 Å². The maximum absolute atomic E-state index is 13.0.